The summed E-state index contributed by atoms with van der Waals surface area (Å²) in [5.74, 6) is 2.85. The Kier molecular flexibility index (Phi) is 12.7. The van der Waals surface area contributed by atoms with Crippen LogP contribution in [0.15, 0.2) is 60.3 Å². The lowest BCUT2D eigenvalue weighted by Crippen LogP contribution is -2.44. The van der Waals surface area contributed by atoms with Crippen molar-refractivity contribution in [2.24, 2.45) is 0 Å². The number of carbonyl (C=O) groups excluding carboxylic acids is 3. The van der Waals surface area contributed by atoms with Gasteiger partial charge in [-0.15, -0.1) is 0 Å². The monoisotopic (exact) mass is 697 g/mol. The van der Waals surface area contributed by atoms with Gasteiger partial charge in [0.2, 0.25) is 5.95 Å². The number of para-hydroxylation sites is 1. The van der Waals surface area contributed by atoms with Gasteiger partial charge in [-0.05, 0) is 81.3 Å². The molecular weight excluding hydrogens is 650 g/mol. The number of amides is 2. The van der Waals surface area contributed by atoms with Gasteiger partial charge in [-0.1, -0.05) is 12.1 Å². The zero-order chi connectivity index (χ0) is 36.3. The maximum Gasteiger partial charge on any atom is 0.259 e. The minimum atomic E-state index is -0.405. The number of ether oxygens (including phenoxy) is 3. The topological polar surface area (TPSA) is 141 Å². The molecule has 1 saturated heterocycles. The maximum atomic E-state index is 13.8. The molecule has 3 N–H and O–H groups in total. The highest BCUT2D eigenvalue weighted by Crippen LogP contribution is 2.32. The molecule has 1 aliphatic rings. The van der Waals surface area contributed by atoms with E-state index in [0.29, 0.717) is 60.3 Å². The van der Waals surface area contributed by atoms with Crippen LogP contribution in [-0.2, 0) is 9.53 Å². The molecule has 0 bridgehead atoms. The Morgan fingerprint density at radius 3 is 2.55 bits per heavy atom. The molecule has 5 rings (SSSR count). The van der Waals surface area contributed by atoms with Crippen LogP contribution in [0.5, 0.6) is 11.5 Å². The molecule has 51 heavy (non-hydrogen) atoms. The van der Waals surface area contributed by atoms with E-state index >= 15 is 0 Å². The third-order valence-electron chi connectivity index (χ3n) is 8.90. The number of hydrogen-bond acceptors (Lipinski definition) is 10. The molecular formula is C38H47N7O6. The van der Waals surface area contributed by atoms with Crippen molar-refractivity contribution in [3.63, 3.8) is 0 Å². The predicted octanol–water partition coefficient (Wildman–Crippen LogP) is 4.98. The number of methoxy groups -OCH3 is 2. The van der Waals surface area contributed by atoms with Crippen molar-refractivity contribution in [3.8, 4) is 11.5 Å². The lowest BCUT2D eigenvalue weighted by molar-refractivity contribution is 0.0987. The summed E-state index contributed by atoms with van der Waals surface area (Å²) in [7, 11) is 6.86. The quantitative estimate of drug-likeness (QED) is 0.109. The molecule has 1 fully saturated rings. The molecule has 270 valence electrons. The Hall–Kier alpha value is -5.36. The molecule has 0 unspecified atom stereocenters. The summed E-state index contributed by atoms with van der Waals surface area (Å²) >= 11 is 0. The number of aromatic amines is 1. The number of nitrogens with one attached hydrogen (secondary N) is 3. The second kappa shape index (κ2) is 17.5. The average molecular weight is 698 g/mol. The molecule has 0 aliphatic carbocycles. The summed E-state index contributed by atoms with van der Waals surface area (Å²) in [6.07, 6.45) is 2.18. The number of unbranched alkanes of at least 4 members (excludes halogenated alkanes) is 1. The molecule has 2 heterocycles. The lowest BCUT2D eigenvalue weighted by atomic mass is 10.1. The third kappa shape index (κ3) is 9.26. The van der Waals surface area contributed by atoms with Crippen molar-refractivity contribution in [2.75, 3.05) is 89.8 Å². The highest BCUT2D eigenvalue weighted by atomic mass is 16.5. The first kappa shape index (κ1) is 36.9. The number of piperazine rings is 1. The number of carbonyl (C=O) groups is 2. The van der Waals surface area contributed by atoms with Crippen LogP contribution in [0.4, 0.5) is 17.3 Å². The normalized spacial score (nSPS) is 13.1. The van der Waals surface area contributed by atoms with E-state index in [-0.39, 0.29) is 17.2 Å². The molecule has 1 aromatic heterocycles. The summed E-state index contributed by atoms with van der Waals surface area (Å²) in [4.78, 5) is 52.5. The van der Waals surface area contributed by atoms with Gasteiger partial charge < -0.3 is 44.5 Å². The number of rotatable bonds is 16. The van der Waals surface area contributed by atoms with E-state index in [9.17, 15) is 14.4 Å². The van der Waals surface area contributed by atoms with Gasteiger partial charge in [0.25, 0.3) is 11.8 Å². The van der Waals surface area contributed by atoms with E-state index in [4.69, 9.17) is 14.2 Å². The highest BCUT2D eigenvalue weighted by Gasteiger charge is 2.22. The van der Waals surface area contributed by atoms with Gasteiger partial charge in [0.05, 0.1) is 48.5 Å². The number of likely N-dealkylation sites (N-methyl/N-ethyl adjacent to an activating group) is 1. The summed E-state index contributed by atoms with van der Waals surface area (Å²) in [5.41, 5.74) is 4.82. The number of H-pyrrole nitrogens is 1. The molecule has 13 nitrogen and oxygen atoms in total. The van der Waals surface area contributed by atoms with Crippen LogP contribution in [0.3, 0.4) is 0 Å². The second-order valence-electron chi connectivity index (χ2n) is 12.6. The fraction of sp³-hybridized carbons (Fsp3) is 0.395. The van der Waals surface area contributed by atoms with Crippen molar-refractivity contribution >= 4 is 46.1 Å². The van der Waals surface area contributed by atoms with E-state index in [1.165, 1.54) is 12.0 Å². The fourth-order valence-electron chi connectivity index (χ4n) is 5.93. The Bertz CT molecular complexity index is 1880. The van der Waals surface area contributed by atoms with E-state index in [0.717, 1.165) is 55.8 Å². The van der Waals surface area contributed by atoms with Crippen molar-refractivity contribution in [1.29, 1.82) is 0 Å². The molecule has 13 heteroatoms. The van der Waals surface area contributed by atoms with E-state index in [1.54, 1.807) is 38.4 Å². The first-order chi connectivity index (χ1) is 24.7. The Morgan fingerprint density at radius 1 is 1.00 bits per heavy atom. The van der Waals surface area contributed by atoms with Gasteiger partial charge in [0, 0.05) is 52.4 Å². The van der Waals surface area contributed by atoms with E-state index in [2.05, 4.69) is 43.4 Å². The Balaban J connectivity index is 1.22. The Labute approximate surface area is 298 Å². The molecule has 1 aliphatic heterocycles. The van der Waals surface area contributed by atoms with Crippen LogP contribution in [0, 0.1) is 6.92 Å². The van der Waals surface area contributed by atoms with Gasteiger partial charge in [0.15, 0.2) is 0 Å². The molecule has 3 aromatic carbocycles. The van der Waals surface area contributed by atoms with Crippen LogP contribution in [0.2, 0.25) is 0 Å². The van der Waals surface area contributed by atoms with Gasteiger partial charge in [-0.25, -0.2) is 9.78 Å². The van der Waals surface area contributed by atoms with Crippen molar-refractivity contribution in [1.82, 2.24) is 19.8 Å². The number of anilines is 3. The number of imidazole rings is 1. The first-order valence-electron chi connectivity index (χ1n) is 17.1. The second-order valence-corrected chi connectivity index (χ2v) is 12.6. The number of nitrogens with zero attached hydrogens (tertiary/aromatic N) is 4. The number of allylic oxidation sites excluding steroid dienone is 1. The SMILES string of the molecule is COCCNc1nc2c(NC(=O)c3ccc(C(=O)N(C)c4ccc(C)cc4OCCCCC(=C=O)N4CCN(C)CC4)cc3OC)cccc2[nH]1. The van der Waals surface area contributed by atoms with Crippen molar-refractivity contribution in [2.45, 2.75) is 26.2 Å². The summed E-state index contributed by atoms with van der Waals surface area (Å²) in [6.45, 7) is 7.04. The van der Waals surface area contributed by atoms with Crippen molar-refractivity contribution in [3.05, 3.63) is 77.0 Å². The molecule has 0 atom stereocenters. The average Bonchev–Trinajstić information content (AvgIpc) is 3.57. The number of hydrogen-bond donors (Lipinski definition) is 3. The molecule has 2 amide bonds. The number of fused-ring (bicyclic) bond motifs is 1. The first-order valence-corrected chi connectivity index (χ1v) is 17.1. The molecule has 0 radical (unpaired) electrons. The van der Waals surface area contributed by atoms with Crippen molar-refractivity contribution < 1.29 is 28.6 Å². The van der Waals surface area contributed by atoms with E-state index in [1.807, 2.05) is 37.3 Å². The van der Waals surface area contributed by atoms with E-state index < -0.39 is 5.91 Å². The van der Waals surface area contributed by atoms with Crippen LogP contribution >= 0.6 is 0 Å². The maximum absolute atomic E-state index is 13.8. The smallest absolute Gasteiger partial charge is 0.259 e. The zero-order valence-electron chi connectivity index (χ0n) is 30.0. The van der Waals surface area contributed by atoms with Crippen LogP contribution < -0.4 is 25.0 Å². The highest BCUT2D eigenvalue weighted by molar-refractivity contribution is 6.11. The third-order valence-corrected chi connectivity index (χ3v) is 8.90. The van der Waals surface area contributed by atoms with Gasteiger partial charge in [-0.3, -0.25) is 9.59 Å². The minimum absolute atomic E-state index is 0.253. The largest absolute Gasteiger partial charge is 0.496 e. The number of benzene rings is 3. The summed E-state index contributed by atoms with van der Waals surface area (Å²) < 4.78 is 16.9. The van der Waals surface area contributed by atoms with Crippen LogP contribution in [0.1, 0.15) is 45.5 Å². The molecule has 4 aromatic rings. The zero-order valence-corrected chi connectivity index (χ0v) is 30.0. The fourth-order valence-corrected chi connectivity index (χ4v) is 5.93. The van der Waals surface area contributed by atoms with Crippen LogP contribution in [0.25, 0.3) is 11.0 Å². The summed E-state index contributed by atoms with van der Waals surface area (Å²) in [5, 5.41) is 6.09. The molecule has 0 saturated carbocycles. The minimum Gasteiger partial charge on any atom is -0.496 e. The number of aryl methyl sites for hydroxylation is 1. The Morgan fingerprint density at radius 2 is 1.80 bits per heavy atom. The predicted molar refractivity (Wildman–Crippen MR) is 199 cm³/mol. The van der Waals surface area contributed by atoms with Gasteiger partial charge >= 0.3 is 0 Å². The number of aromatic nitrogens is 2. The van der Waals surface area contributed by atoms with Crippen LogP contribution in [-0.4, -0.2) is 112 Å². The lowest BCUT2D eigenvalue weighted by Gasteiger charge is -2.34. The standard InChI is InChI=1S/C38H47N7O6/c1-26-12-15-32(34(23-26)51-21-7-6-9-28(25-46)45-19-17-43(2)18-20-45)44(3)37(48)27-13-14-29(33(24-27)50-5)36(47)40-30-10-8-11-31-35(30)42-38(41-31)39-16-22-49-4/h8,10-15,23-24H,6-7,9,16-22H2,1-5H3,(H,40,47)(H2,39,41,42). The molecule has 0 spiro atoms. The van der Waals surface area contributed by atoms with Gasteiger partial charge in [-0.2, -0.15) is 0 Å². The van der Waals surface area contributed by atoms with Gasteiger partial charge in [0.1, 0.15) is 23.0 Å². The summed E-state index contributed by atoms with van der Waals surface area (Å²) in [6, 6.07) is 15.9.